The summed E-state index contributed by atoms with van der Waals surface area (Å²) < 4.78 is 1.73. The van der Waals surface area contributed by atoms with Crippen LogP contribution in [0.2, 0.25) is 0 Å². The molecule has 5 heteroatoms. The lowest BCUT2D eigenvalue weighted by molar-refractivity contribution is 0.0852. The predicted octanol–water partition coefficient (Wildman–Crippen LogP) is 1.93. The van der Waals surface area contributed by atoms with Gasteiger partial charge in [-0.2, -0.15) is 5.10 Å². The van der Waals surface area contributed by atoms with E-state index in [0.29, 0.717) is 11.4 Å². The van der Waals surface area contributed by atoms with Crippen LogP contribution in [-0.2, 0) is 7.05 Å². The first-order chi connectivity index (χ1) is 7.99. The van der Waals surface area contributed by atoms with Crippen molar-refractivity contribution in [3.8, 4) is 0 Å². The van der Waals surface area contributed by atoms with Gasteiger partial charge in [0.2, 0.25) is 0 Å². The van der Waals surface area contributed by atoms with Crippen molar-refractivity contribution < 1.29 is 4.79 Å². The molecule has 0 spiro atoms. The number of amides is 1. The summed E-state index contributed by atoms with van der Waals surface area (Å²) in [4.78, 5) is 12.2. The standard InChI is InChI=1S/C12H18ClN3O/c1-8-10(9(2)16(3)15-8)11(17)14-12(7-13)5-4-6-12/h4-7H2,1-3H3,(H,14,17). The zero-order valence-electron chi connectivity index (χ0n) is 10.5. The monoisotopic (exact) mass is 255 g/mol. The van der Waals surface area contributed by atoms with Crippen molar-refractivity contribution in [3.63, 3.8) is 0 Å². The van der Waals surface area contributed by atoms with Gasteiger partial charge in [0, 0.05) is 18.6 Å². The molecular formula is C12H18ClN3O. The topological polar surface area (TPSA) is 46.9 Å². The fourth-order valence-electron chi connectivity index (χ4n) is 2.30. The zero-order chi connectivity index (χ0) is 12.6. The van der Waals surface area contributed by atoms with Gasteiger partial charge >= 0.3 is 0 Å². The molecule has 0 radical (unpaired) electrons. The summed E-state index contributed by atoms with van der Waals surface area (Å²) in [6.07, 6.45) is 3.08. The number of hydrogen-bond acceptors (Lipinski definition) is 2. The highest BCUT2D eigenvalue weighted by Gasteiger charge is 2.38. The van der Waals surface area contributed by atoms with E-state index in [0.717, 1.165) is 30.7 Å². The number of nitrogens with zero attached hydrogens (tertiary/aromatic N) is 2. The Morgan fingerprint density at radius 2 is 2.18 bits per heavy atom. The molecule has 2 rings (SSSR count). The normalized spacial score (nSPS) is 17.6. The second kappa shape index (κ2) is 4.33. The molecule has 1 aliphatic carbocycles. The minimum absolute atomic E-state index is 0.0477. The molecule has 0 bridgehead atoms. The van der Waals surface area contributed by atoms with Crippen LogP contribution in [0.15, 0.2) is 0 Å². The molecule has 1 fully saturated rings. The van der Waals surface area contributed by atoms with Crippen LogP contribution in [0.1, 0.15) is 41.0 Å². The Bertz CT molecular complexity index is 443. The summed E-state index contributed by atoms with van der Waals surface area (Å²) in [6, 6.07) is 0. The van der Waals surface area contributed by atoms with Crippen molar-refractivity contribution in [1.82, 2.24) is 15.1 Å². The zero-order valence-corrected chi connectivity index (χ0v) is 11.3. The molecule has 0 aliphatic heterocycles. The number of alkyl halides is 1. The summed E-state index contributed by atoms with van der Waals surface area (Å²) >= 11 is 5.94. The van der Waals surface area contributed by atoms with E-state index in [2.05, 4.69) is 10.4 Å². The van der Waals surface area contributed by atoms with Crippen molar-refractivity contribution in [2.45, 2.75) is 38.6 Å². The highest BCUT2D eigenvalue weighted by molar-refractivity contribution is 6.19. The van der Waals surface area contributed by atoms with Gasteiger partial charge in [-0.05, 0) is 33.1 Å². The van der Waals surface area contributed by atoms with E-state index < -0.39 is 0 Å². The van der Waals surface area contributed by atoms with Crippen LogP contribution in [-0.4, -0.2) is 27.1 Å². The van der Waals surface area contributed by atoms with Crippen LogP contribution in [0.25, 0.3) is 0 Å². The van der Waals surface area contributed by atoms with Crippen molar-refractivity contribution in [2.75, 3.05) is 5.88 Å². The molecule has 0 unspecified atom stereocenters. The molecular weight excluding hydrogens is 238 g/mol. The number of rotatable bonds is 3. The van der Waals surface area contributed by atoms with Crippen LogP contribution in [0.4, 0.5) is 0 Å². The van der Waals surface area contributed by atoms with Crippen LogP contribution in [0, 0.1) is 13.8 Å². The lowest BCUT2D eigenvalue weighted by Crippen LogP contribution is -2.55. The quantitative estimate of drug-likeness (QED) is 0.839. The van der Waals surface area contributed by atoms with E-state index in [1.807, 2.05) is 20.9 Å². The van der Waals surface area contributed by atoms with Gasteiger partial charge in [0.1, 0.15) is 0 Å². The Morgan fingerprint density at radius 1 is 1.53 bits per heavy atom. The fourth-order valence-corrected chi connectivity index (χ4v) is 2.64. The lowest BCUT2D eigenvalue weighted by atomic mass is 9.78. The minimum atomic E-state index is -0.187. The van der Waals surface area contributed by atoms with Gasteiger partial charge < -0.3 is 5.32 Å². The Hall–Kier alpha value is -1.03. The van der Waals surface area contributed by atoms with Crippen molar-refractivity contribution in [2.24, 2.45) is 7.05 Å². The molecule has 1 N–H and O–H groups in total. The number of carbonyl (C=O) groups excluding carboxylic acids is 1. The largest absolute Gasteiger partial charge is 0.345 e. The van der Waals surface area contributed by atoms with Gasteiger partial charge in [0.15, 0.2) is 0 Å². The number of carbonyl (C=O) groups is 1. The molecule has 1 aliphatic rings. The molecule has 1 aromatic rings. The number of aromatic nitrogens is 2. The molecule has 0 aromatic carbocycles. The van der Waals surface area contributed by atoms with E-state index in [4.69, 9.17) is 11.6 Å². The molecule has 0 saturated heterocycles. The van der Waals surface area contributed by atoms with Gasteiger partial charge in [-0.3, -0.25) is 9.48 Å². The average molecular weight is 256 g/mol. The van der Waals surface area contributed by atoms with E-state index in [1.165, 1.54) is 0 Å². The van der Waals surface area contributed by atoms with Gasteiger partial charge in [-0.1, -0.05) is 0 Å². The van der Waals surface area contributed by atoms with Crippen molar-refractivity contribution in [3.05, 3.63) is 17.0 Å². The summed E-state index contributed by atoms with van der Waals surface area (Å²) in [5, 5.41) is 7.32. The third-order valence-electron chi connectivity index (χ3n) is 3.68. The number of halogens is 1. The maximum atomic E-state index is 12.2. The SMILES string of the molecule is Cc1nn(C)c(C)c1C(=O)NC1(CCl)CCC1. The average Bonchev–Trinajstić information content (AvgIpc) is 2.47. The molecule has 4 nitrogen and oxygen atoms in total. The Labute approximate surface area is 106 Å². The first kappa shape index (κ1) is 12.4. The van der Waals surface area contributed by atoms with E-state index in [1.54, 1.807) is 4.68 Å². The van der Waals surface area contributed by atoms with E-state index >= 15 is 0 Å². The number of hydrogen-bond donors (Lipinski definition) is 1. The van der Waals surface area contributed by atoms with E-state index in [9.17, 15) is 4.79 Å². The summed E-state index contributed by atoms with van der Waals surface area (Å²) in [5.41, 5.74) is 2.16. The highest BCUT2D eigenvalue weighted by atomic mass is 35.5. The summed E-state index contributed by atoms with van der Waals surface area (Å²) in [7, 11) is 1.85. The maximum absolute atomic E-state index is 12.2. The third kappa shape index (κ3) is 2.06. The lowest BCUT2D eigenvalue weighted by Gasteiger charge is -2.41. The first-order valence-corrected chi connectivity index (χ1v) is 6.41. The highest BCUT2D eigenvalue weighted by Crippen LogP contribution is 2.33. The molecule has 1 saturated carbocycles. The molecule has 1 aromatic heterocycles. The minimum Gasteiger partial charge on any atom is -0.345 e. The Balaban J connectivity index is 2.20. The number of nitrogens with one attached hydrogen (secondary N) is 1. The maximum Gasteiger partial charge on any atom is 0.255 e. The fraction of sp³-hybridized carbons (Fsp3) is 0.667. The molecule has 94 valence electrons. The molecule has 17 heavy (non-hydrogen) atoms. The van der Waals surface area contributed by atoms with Crippen LogP contribution in [0.3, 0.4) is 0 Å². The summed E-state index contributed by atoms with van der Waals surface area (Å²) in [5.74, 6) is 0.436. The van der Waals surface area contributed by atoms with Gasteiger partial charge in [0.05, 0.1) is 16.8 Å². The van der Waals surface area contributed by atoms with Gasteiger partial charge in [-0.15, -0.1) is 11.6 Å². The van der Waals surface area contributed by atoms with Gasteiger partial charge in [-0.25, -0.2) is 0 Å². The molecule has 1 heterocycles. The summed E-state index contributed by atoms with van der Waals surface area (Å²) in [6.45, 7) is 3.76. The Kier molecular flexibility index (Phi) is 3.17. The van der Waals surface area contributed by atoms with E-state index in [-0.39, 0.29) is 11.4 Å². The second-order valence-electron chi connectivity index (χ2n) is 4.89. The van der Waals surface area contributed by atoms with Crippen molar-refractivity contribution in [1.29, 1.82) is 0 Å². The van der Waals surface area contributed by atoms with Crippen molar-refractivity contribution >= 4 is 17.5 Å². The van der Waals surface area contributed by atoms with Gasteiger partial charge in [0.25, 0.3) is 5.91 Å². The molecule has 1 amide bonds. The third-order valence-corrected chi connectivity index (χ3v) is 4.19. The molecule has 0 atom stereocenters. The van der Waals surface area contributed by atoms with Crippen LogP contribution >= 0.6 is 11.6 Å². The first-order valence-electron chi connectivity index (χ1n) is 5.88. The smallest absolute Gasteiger partial charge is 0.255 e. The van der Waals surface area contributed by atoms with Crippen LogP contribution in [0.5, 0.6) is 0 Å². The number of aryl methyl sites for hydroxylation is 2. The second-order valence-corrected chi connectivity index (χ2v) is 5.16. The predicted molar refractivity (Wildman–Crippen MR) is 67.5 cm³/mol. The van der Waals surface area contributed by atoms with Crippen LogP contribution < -0.4 is 5.32 Å². The Morgan fingerprint density at radius 3 is 2.53 bits per heavy atom.